The molecule has 0 fully saturated rings. The van der Waals surface area contributed by atoms with Crippen molar-refractivity contribution in [1.82, 2.24) is 5.32 Å². The van der Waals surface area contributed by atoms with Crippen molar-refractivity contribution < 1.29 is 18.3 Å². The molecule has 0 atom stereocenters. The maximum absolute atomic E-state index is 12.2. The van der Waals surface area contributed by atoms with E-state index in [1.165, 1.54) is 12.1 Å². The molecule has 7 heteroatoms. The number of benzene rings is 1. The third kappa shape index (κ3) is 2.28. The Balaban J connectivity index is 2.55. The minimum absolute atomic E-state index is 0.0238. The molecule has 2 N–H and O–H groups in total. The number of carbonyl (C=O) groups is 1. The molecule has 0 saturated carbocycles. The number of carbonyl (C=O) groups excluding carboxylic acids is 1. The number of halogens is 1. The molecule has 1 aliphatic heterocycles. The van der Waals surface area contributed by atoms with E-state index in [0.29, 0.717) is 0 Å². The molecule has 0 bridgehead atoms. The van der Waals surface area contributed by atoms with Gasteiger partial charge < -0.3 is 10.4 Å². The summed E-state index contributed by atoms with van der Waals surface area (Å²) in [4.78, 5) is 11.0. The number of amides is 1. The van der Waals surface area contributed by atoms with Crippen LogP contribution in [0.1, 0.15) is 6.42 Å². The minimum atomic E-state index is -3.98. The van der Waals surface area contributed by atoms with Crippen molar-refractivity contribution in [2.24, 2.45) is 0 Å². The SMILES string of the molecule is O=C1NCCC(O)=C1S(=O)(=O)c1ccc(Br)cc1. The first-order valence-electron chi connectivity index (χ1n) is 5.14. The van der Waals surface area contributed by atoms with Crippen LogP contribution in [-0.4, -0.2) is 26.0 Å². The fraction of sp³-hybridized carbons (Fsp3) is 0.182. The molecule has 1 aromatic carbocycles. The highest BCUT2D eigenvalue weighted by molar-refractivity contribution is 9.10. The Morgan fingerprint density at radius 1 is 1.22 bits per heavy atom. The van der Waals surface area contributed by atoms with Gasteiger partial charge in [-0.05, 0) is 24.3 Å². The Morgan fingerprint density at radius 2 is 1.83 bits per heavy atom. The monoisotopic (exact) mass is 331 g/mol. The van der Waals surface area contributed by atoms with Crippen molar-refractivity contribution in [2.75, 3.05) is 6.54 Å². The van der Waals surface area contributed by atoms with Gasteiger partial charge in [-0.3, -0.25) is 4.79 Å². The zero-order valence-corrected chi connectivity index (χ0v) is 11.6. The molecule has 0 aliphatic carbocycles. The number of hydrogen-bond acceptors (Lipinski definition) is 4. The predicted molar refractivity (Wildman–Crippen MR) is 68.6 cm³/mol. The van der Waals surface area contributed by atoms with Gasteiger partial charge in [-0.2, -0.15) is 0 Å². The molecule has 1 aromatic rings. The summed E-state index contributed by atoms with van der Waals surface area (Å²) < 4.78 is 25.2. The van der Waals surface area contributed by atoms with E-state index in [0.717, 1.165) is 4.47 Å². The Bertz CT molecular complexity index is 619. The molecule has 96 valence electrons. The summed E-state index contributed by atoms with van der Waals surface area (Å²) in [5.74, 6) is -1.15. The van der Waals surface area contributed by atoms with E-state index in [4.69, 9.17) is 0 Å². The fourth-order valence-electron chi connectivity index (χ4n) is 1.63. The Kier molecular flexibility index (Phi) is 3.45. The van der Waals surface area contributed by atoms with Crippen molar-refractivity contribution in [1.29, 1.82) is 0 Å². The Hall–Kier alpha value is -1.34. The van der Waals surface area contributed by atoms with Crippen molar-refractivity contribution in [2.45, 2.75) is 11.3 Å². The molecule has 1 aliphatic rings. The smallest absolute Gasteiger partial charge is 0.266 e. The molecule has 1 heterocycles. The normalized spacial score (nSPS) is 16.6. The number of sulfone groups is 1. The number of rotatable bonds is 2. The van der Waals surface area contributed by atoms with Crippen molar-refractivity contribution in [3.63, 3.8) is 0 Å². The van der Waals surface area contributed by atoms with E-state index in [1.807, 2.05) is 0 Å². The van der Waals surface area contributed by atoms with Gasteiger partial charge in [-0.25, -0.2) is 8.42 Å². The van der Waals surface area contributed by atoms with Gasteiger partial charge in [0.25, 0.3) is 5.91 Å². The quantitative estimate of drug-likeness (QED) is 0.860. The molecule has 0 saturated heterocycles. The number of nitrogens with one attached hydrogen (secondary N) is 1. The second kappa shape index (κ2) is 4.74. The first-order chi connectivity index (χ1) is 8.43. The maximum Gasteiger partial charge on any atom is 0.266 e. The summed E-state index contributed by atoms with van der Waals surface area (Å²) in [6.45, 7) is 0.240. The van der Waals surface area contributed by atoms with Crippen LogP contribution in [0.4, 0.5) is 0 Å². The Labute approximate surface area is 113 Å². The number of hydrogen-bond donors (Lipinski definition) is 2. The van der Waals surface area contributed by atoms with Gasteiger partial charge in [0.15, 0.2) is 4.91 Å². The van der Waals surface area contributed by atoms with Crippen LogP contribution in [0.3, 0.4) is 0 Å². The third-order valence-electron chi connectivity index (χ3n) is 2.51. The molecule has 0 spiro atoms. The first-order valence-corrected chi connectivity index (χ1v) is 7.41. The summed E-state index contributed by atoms with van der Waals surface area (Å²) in [6, 6.07) is 5.87. The molecule has 0 radical (unpaired) electrons. The largest absolute Gasteiger partial charge is 0.511 e. The average molecular weight is 332 g/mol. The molecule has 2 rings (SSSR count). The second-order valence-corrected chi connectivity index (χ2v) is 6.54. The lowest BCUT2D eigenvalue weighted by Gasteiger charge is -2.16. The van der Waals surface area contributed by atoms with Crippen molar-refractivity contribution in [3.8, 4) is 0 Å². The number of aliphatic hydroxyl groups excluding tert-OH is 1. The summed E-state index contributed by atoms with van der Waals surface area (Å²) >= 11 is 3.20. The molecular formula is C11H10BrNO4S. The predicted octanol–water partition coefficient (Wildman–Crippen LogP) is 1.51. The highest BCUT2D eigenvalue weighted by Gasteiger charge is 2.33. The van der Waals surface area contributed by atoms with Gasteiger partial charge >= 0.3 is 0 Å². The molecule has 5 nitrogen and oxygen atoms in total. The van der Waals surface area contributed by atoms with E-state index in [-0.39, 0.29) is 23.6 Å². The molecule has 0 unspecified atom stereocenters. The van der Waals surface area contributed by atoms with E-state index in [9.17, 15) is 18.3 Å². The lowest BCUT2D eigenvalue weighted by molar-refractivity contribution is -0.117. The van der Waals surface area contributed by atoms with Crippen molar-refractivity contribution in [3.05, 3.63) is 39.4 Å². The highest BCUT2D eigenvalue weighted by atomic mass is 79.9. The Morgan fingerprint density at radius 3 is 2.39 bits per heavy atom. The van der Waals surface area contributed by atoms with Gasteiger partial charge in [-0.1, -0.05) is 15.9 Å². The summed E-state index contributed by atoms with van der Waals surface area (Å²) in [5, 5.41) is 12.0. The average Bonchev–Trinajstić information content (AvgIpc) is 2.29. The minimum Gasteiger partial charge on any atom is -0.511 e. The van der Waals surface area contributed by atoms with Crippen LogP contribution in [0.25, 0.3) is 0 Å². The van der Waals surface area contributed by atoms with Gasteiger partial charge in [0.05, 0.1) is 4.90 Å². The second-order valence-electron chi connectivity index (χ2n) is 3.74. The van der Waals surface area contributed by atoms with Crippen LogP contribution in [0.2, 0.25) is 0 Å². The van der Waals surface area contributed by atoms with Crippen LogP contribution in [0, 0.1) is 0 Å². The van der Waals surface area contributed by atoms with E-state index < -0.39 is 20.6 Å². The molecule has 0 aromatic heterocycles. The van der Waals surface area contributed by atoms with Gasteiger partial charge in [0.2, 0.25) is 9.84 Å². The zero-order chi connectivity index (χ0) is 13.3. The van der Waals surface area contributed by atoms with Crippen LogP contribution in [0.15, 0.2) is 44.3 Å². The first kappa shape index (κ1) is 13.1. The lowest BCUT2D eigenvalue weighted by atomic mass is 10.2. The van der Waals surface area contributed by atoms with Gasteiger partial charge in [0, 0.05) is 17.4 Å². The van der Waals surface area contributed by atoms with E-state index >= 15 is 0 Å². The van der Waals surface area contributed by atoms with Crippen molar-refractivity contribution >= 4 is 31.7 Å². The molecule has 1 amide bonds. The summed E-state index contributed by atoms with van der Waals surface area (Å²) in [7, 11) is -3.98. The van der Waals surface area contributed by atoms with Gasteiger partial charge in [0.1, 0.15) is 5.76 Å². The summed E-state index contributed by atoms with van der Waals surface area (Å²) in [5.41, 5.74) is 0. The lowest BCUT2D eigenvalue weighted by Crippen LogP contribution is -2.34. The van der Waals surface area contributed by atoms with E-state index in [2.05, 4.69) is 21.2 Å². The topological polar surface area (TPSA) is 83.5 Å². The van der Waals surface area contributed by atoms with Crippen LogP contribution >= 0.6 is 15.9 Å². The molecule has 18 heavy (non-hydrogen) atoms. The van der Waals surface area contributed by atoms with E-state index in [1.54, 1.807) is 12.1 Å². The highest BCUT2D eigenvalue weighted by Crippen LogP contribution is 2.25. The standard InChI is InChI=1S/C11H10BrNO4S/c12-7-1-3-8(4-2-7)18(16,17)10-9(14)5-6-13-11(10)15/h1-4,14H,5-6H2,(H,13,15). The fourth-order valence-corrected chi connectivity index (χ4v) is 3.35. The van der Waals surface area contributed by atoms with Gasteiger partial charge in [-0.15, -0.1) is 0 Å². The van der Waals surface area contributed by atoms with Crippen LogP contribution < -0.4 is 5.32 Å². The summed E-state index contributed by atoms with van der Waals surface area (Å²) in [6.07, 6.45) is 0.122. The zero-order valence-electron chi connectivity index (χ0n) is 9.18. The molecular weight excluding hydrogens is 322 g/mol. The third-order valence-corrected chi connectivity index (χ3v) is 4.89. The van der Waals surface area contributed by atoms with Crippen LogP contribution in [0.5, 0.6) is 0 Å². The maximum atomic E-state index is 12.2. The van der Waals surface area contributed by atoms with Crippen LogP contribution in [-0.2, 0) is 14.6 Å². The number of aliphatic hydroxyl groups is 1.